The Bertz CT molecular complexity index is 827. The van der Waals surface area contributed by atoms with E-state index in [0.29, 0.717) is 6.61 Å². The molecule has 0 heterocycles. The molecule has 0 fully saturated rings. The first kappa shape index (κ1) is 18.1. The van der Waals surface area contributed by atoms with Crippen molar-refractivity contribution in [3.63, 3.8) is 0 Å². The molecule has 0 aliphatic carbocycles. The summed E-state index contributed by atoms with van der Waals surface area (Å²) in [4.78, 5) is 0. The number of benzene rings is 3. The number of anilines is 1. The van der Waals surface area contributed by atoms with Gasteiger partial charge in [-0.2, -0.15) is 0 Å². The summed E-state index contributed by atoms with van der Waals surface area (Å²) in [6.45, 7) is 5.85. The molecule has 26 heavy (non-hydrogen) atoms. The quantitative estimate of drug-likeness (QED) is 0.558. The molecule has 0 saturated carbocycles. The van der Waals surface area contributed by atoms with Gasteiger partial charge in [-0.1, -0.05) is 67.6 Å². The predicted molar refractivity (Wildman–Crippen MR) is 110 cm³/mol. The van der Waals surface area contributed by atoms with E-state index in [2.05, 4.69) is 79.8 Å². The van der Waals surface area contributed by atoms with Crippen LogP contribution in [0.2, 0.25) is 0 Å². The summed E-state index contributed by atoms with van der Waals surface area (Å²) in [6.07, 6.45) is 1.96. The van der Waals surface area contributed by atoms with Crippen molar-refractivity contribution >= 4 is 5.69 Å². The molecule has 0 amide bonds. The van der Waals surface area contributed by atoms with Gasteiger partial charge in [0.2, 0.25) is 0 Å². The van der Waals surface area contributed by atoms with Crippen LogP contribution in [-0.2, 0) is 19.4 Å². The second-order valence-corrected chi connectivity index (χ2v) is 6.55. The molecule has 0 atom stereocenters. The third-order valence-electron chi connectivity index (χ3n) is 4.61. The molecule has 1 N–H and O–H groups in total. The maximum Gasteiger partial charge on any atom is 0.119 e. The van der Waals surface area contributed by atoms with Crippen LogP contribution in [0.1, 0.15) is 29.2 Å². The minimum atomic E-state index is 0.693. The Morgan fingerprint density at radius 1 is 0.846 bits per heavy atom. The molecule has 0 aliphatic rings. The summed E-state index contributed by atoms with van der Waals surface area (Å²) in [7, 11) is 0. The molecule has 3 rings (SSSR count). The highest BCUT2D eigenvalue weighted by molar-refractivity contribution is 5.57. The van der Waals surface area contributed by atoms with Crippen LogP contribution in [0, 0.1) is 6.92 Å². The molecule has 0 radical (unpaired) electrons. The van der Waals surface area contributed by atoms with E-state index in [4.69, 9.17) is 4.74 Å². The molecule has 0 aromatic heterocycles. The molecule has 0 unspecified atom stereocenters. The average molecular weight is 345 g/mol. The number of para-hydroxylation sites is 1. The Morgan fingerprint density at radius 2 is 1.62 bits per heavy atom. The van der Waals surface area contributed by atoms with Gasteiger partial charge in [-0.05, 0) is 47.7 Å². The molecular formula is C24H27NO. The van der Waals surface area contributed by atoms with Crippen LogP contribution in [0.5, 0.6) is 5.75 Å². The molecule has 3 aromatic carbocycles. The van der Waals surface area contributed by atoms with Crippen molar-refractivity contribution in [3.05, 3.63) is 95.1 Å². The lowest BCUT2D eigenvalue weighted by molar-refractivity contribution is 0.321. The zero-order valence-corrected chi connectivity index (χ0v) is 15.7. The molecular weight excluding hydrogens is 318 g/mol. The van der Waals surface area contributed by atoms with E-state index in [-0.39, 0.29) is 0 Å². The van der Waals surface area contributed by atoms with Crippen molar-refractivity contribution < 1.29 is 4.74 Å². The molecule has 0 aliphatic heterocycles. The average Bonchev–Trinajstić information content (AvgIpc) is 2.68. The summed E-state index contributed by atoms with van der Waals surface area (Å²) in [5.74, 6) is 0.931. The SMILES string of the molecule is CCc1cccc(C)c1NCc1cccc(OCCc2ccccc2)c1. The number of nitrogens with one attached hydrogen (secondary N) is 1. The molecule has 0 bridgehead atoms. The molecule has 3 aromatic rings. The summed E-state index contributed by atoms with van der Waals surface area (Å²) in [5.41, 5.74) is 6.44. The maximum atomic E-state index is 5.94. The third kappa shape index (κ3) is 4.89. The number of ether oxygens (including phenoxy) is 1. The van der Waals surface area contributed by atoms with Gasteiger partial charge in [-0.15, -0.1) is 0 Å². The first-order chi connectivity index (χ1) is 12.8. The van der Waals surface area contributed by atoms with E-state index in [1.165, 1.54) is 27.9 Å². The van der Waals surface area contributed by atoms with E-state index in [0.717, 1.165) is 25.1 Å². The van der Waals surface area contributed by atoms with Crippen LogP contribution in [-0.4, -0.2) is 6.61 Å². The van der Waals surface area contributed by atoms with E-state index < -0.39 is 0 Å². The van der Waals surface area contributed by atoms with Crippen molar-refractivity contribution in [1.29, 1.82) is 0 Å². The van der Waals surface area contributed by atoms with Gasteiger partial charge in [-0.3, -0.25) is 0 Å². The Kier molecular flexibility index (Phi) is 6.32. The van der Waals surface area contributed by atoms with Gasteiger partial charge in [0, 0.05) is 18.7 Å². The van der Waals surface area contributed by atoms with Gasteiger partial charge >= 0.3 is 0 Å². The zero-order valence-electron chi connectivity index (χ0n) is 15.7. The minimum absolute atomic E-state index is 0.693. The van der Waals surface area contributed by atoms with Crippen LogP contribution >= 0.6 is 0 Å². The van der Waals surface area contributed by atoms with E-state index >= 15 is 0 Å². The van der Waals surface area contributed by atoms with E-state index in [9.17, 15) is 0 Å². The Hall–Kier alpha value is -2.74. The van der Waals surface area contributed by atoms with E-state index in [1.807, 2.05) is 12.1 Å². The highest BCUT2D eigenvalue weighted by Crippen LogP contribution is 2.22. The fourth-order valence-electron chi connectivity index (χ4n) is 3.14. The Morgan fingerprint density at radius 3 is 2.42 bits per heavy atom. The standard InChI is InChI=1S/C24H27NO/c1-3-22-13-7-9-19(2)24(22)25-18-21-12-8-14-23(17-21)26-16-15-20-10-5-4-6-11-20/h4-14,17,25H,3,15-16,18H2,1-2H3. The zero-order chi connectivity index (χ0) is 18.2. The normalized spacial score (nSPS) is 10.5. The number of hydrogen-bond donors (Lipinski definition) is 1. The second kappa shape index (κ2) is 9.10. The molecule has 0 spiro atoms. The first-order valence-corrected chi connectivity index (χ1v) is 9.34. The Balaban J connectivity index is 1.58. The second-order valence-electron chi connectivity index (χ2n) is 6.55. The van der Waals surface area contributed by atoms with Crippen LogP contribution in [0.4, 0.5) is 5.69 Å². The smallest absolute Gasteiger partial charge is 0.119 e. The molecule has 0 saturated heterocycles. The molecule has 134 valence electrons. The van der Waals surface area contributed by atoms with Gasteiger partial charge in [-0.25, -0.2) is 0 Å². The summed E-state index contributed by atoms with van der Waals surface area (Å²) < 4.78 is 5.94. The molecule has 2 nitrogen and oxygen atoms in total. The highest BCUT2D eigenvalue weighted by atomic mass is 16.5. The highest BCUT2D eigenvalue weighted by Gasteiger charge is 2.04. The van der Waals surface area contributed by atoms with Crippen molar-refractivity contribution in [1.82, 2.24) is 0 Å². The summed E-state index contributed by atoms with van der Waals surface area (Å²) in [6, 6.07) is 25.3. The summed E-state index contributed by atoms with van der Waals surface area (Å²) >= 11 is 0. The van der Waals surface area contributed by atoms with Gasteiger partial charge in [0.15, 0.2) is 0 Å². The van der Waals surface area contributed by atoms with Gasteiger partial charge in [0.05, 0.1) is 6.61 Å². The topological polar surface area (TPSA) is 21.3 Å². The van der Waals surface area contributed by atoms with Crippen molar-refractivity contribution in [2.24, 2.45) is 0 Å². The maximum absolute atomic E-state index is 5.94. The van der Waals surface area contributed by atoms with Gasteiger partial charge in [0.1, 0.15) is 5.75 Å². The third-order valence-corrected chi connectivity index (χ3v) is 4.61. The lowest BCUT2D eigenvalue weighted by Crippen LogP contribution is -2.05. The van der Waals surface area contributed by atoms with Gasteiger partial charge < -0.3 is 10.1 Å². The summed E-state index contributed by atoms with van der Waals surface area (Å²) in [5, 5.41) is 3.60. The van der Waals surface area contributed by atoms with Crippen LogP contribution < -0.4 is 10.1 Å². The largest absolute Gasteiger partial charge is 0.493 e. The minimum Gasteiger partial charge on any atom is -0.493 e. The van der Waals surface area contributed by atoms with Crippen LogP contribution in [0.15, 0.2) is 72.8 Å². The van der Waals surface area contributed by atoms with Crippen LogP contribution in [0.25, 0.3) is 0 Å². The lowest BCUT2D eigenvalue weighted by atomic mass is 10.1. The number of rotatable bonds is 8. The fraction of sp³-hybridized carbons (Fsp3) is 0.250. The van der Waals surface area contributed by atoms with Crippen molar-refractivity contribution in [2.75, 3.05) is 11.9 Å². The van der Waals surface area contributed by atoms with Crippen molar-refractivity contribution in [3.8, 4) is 5.75 Å². The Labute approximate surface area is 156 Å². The van der Waals surface area contributed by atoms with Crippen LogP contribution in [0.3, 0.4) is 0 Å². The van der Waals surface area contributed by atoms with E-state index in [1.54, 1.807) is 0 Å². The van der Waals surface area contributed by atoms with Gasteiger partial charge in [0.25, 0.3) is 0 Å². The first-order valence-electron chi connectivity index (χ1n) is 9.34. The number of aryl methyl sites for hydroxylation is 2. The molecule has 2 heteroatoms. The fourth-order valence-corrected chi connectivity index (χ4v) is 3.14. The monoisotopic (exact) mass is 345 g/mol. The lowest BCUT2D eigenvalue weighted by Gasteiger charge is -2.14. The predicted octanol–water partition coefficient (Wildman–Crippen LogP) is 5.79. The number of hydrogen-bond acceptors (Lipinski definition) is 2. The van der Waals surface area contributed by atoms with Crippen molar-refractivity contribution in [2.45, 2.75) is 33.2 Å².